The first-order valence-corrected chi connectivity index (χ1v) is 7.11. The van der Waals surface area contributed by atoms with Crippen LogP contribution in [-0.4, -0.2) is 16.1 Å². The molecule has 2 N–H and O–H groups in total. The fourth-order valence-electron chi connectivity index (χ4n) is 4.00. The first-order chi connectivity index (χ1) is 9.30. The molecule has 0 aliphatic heterocycles. The second-order valence-corrected chi connectivity index (χ2v) is 6.54. The van der Waals surface area contributed by atoms with Gasteiger partial charge >= 0.3 is 6.18 Å². The van der Waals surface area contributed by atoms with Crippen molar-refractivity contribution in [2.45, 2.75) is 50.1 Å². The Morgan fingerprint density at radius 1 is 1.20 bits per heavy atom. The molecule has 0 spiro atoms. The van der Waals surface area contributed by atoms with E-state index in [0.717, 1.165) is 44.7 Å². The third-order valence-electron chi connectivity index (χ3n) is 5.48. The van der Waals surface area contributed by atoms with Crippen molar-refractivity contribution < 1.29 is 13.2 Å². The highest BCUT2D eigenvalue weighted by molar-refractivity contribution is 5.20. The number of halogens is 3. The van der Waals surface area contributed by atoms with Gasteiger partial charge in [-0.05, 0) is 50.5 Å². The maximum atomic E-state index is 12.8. The lowest BCUT2D eigenvalue weighted by Crippen LogP contribution is -2.48. The summed E-state index contributed by atoms with van der Waals surface area (Å²) in [6, 6.07) is 0. The minimum Gasteiger partial charge on any atom is -0.337 e. The Bertz CT molecular complexity index is 494. The van der Waals surface area contributed by atoms with E-state index < -0.39 is 11.9 Å². The molecule has 0 amide bonds. The summed E-state index contributed by atoms with van der Waals surface area (Å²) < 4.78 is 40.0. The summed E-state index contributed by atoms with van der Waals surface area (Å²) in [5.41, 5.74) is 5.17. The molecule has 0 unspecified atom stereocenters. The molecule has 1 aromatic rings. The third-order valence-corrected chi connectivity index (χ3v) is 5.48. The van der Waals surface area contributed by atoms with Crippen LogP contribution in [0, 0.1) is 5.41 Å². The number of nitrogens with two attached hydrogens (primary N) is 1. The van der Waals surface area contributed by atoms with Crippen molar-refractivity contribution in [1.29, 1.82) is 0 Å². The summed E-state index contributed by atoms with van der Waals surface area (Å²) >= 11 is 0. The molecular formula is C14H20F3N3. The predicted octanol–water partition coefficient (Wildman–Crippen LogP) is 2.99. The molecule has 1 aromatic heterocycles. The van der Waals surface area contributed by atoms with Gasteiger partial charge in [0.05, 0.1) is 0 Å². The largest absolute Gasteiger partial charge is 0.434 e. The molecule has 4 rings (SSSR count). The van der Waals surface area contributed by atoms with Gasteiger partial charge in [0.25, 0.3) is 0 Å². The standard InChI is InChI=1S/C14H20F3N3/c1-20-8-10(14(15,16)17)19-11(20)13-5-2-12(9-18,3-6-13)4-7-13/h8H,2-7,9,18H2,1H3. The lowest BCUT2D eigenvalue weighted by molar-refractivity contribution is -0.141. The van der Waals surface area contributed by atoms with Crippen LogP contribution in [0.15, 0.2) is 6.20 Å². The van der Waals surface area contributed by atoms with Crippen molar-refractivity contribution in [3.63, 3.8) is 0 Å². The highest BCUT2D eigenvalue weighted by Crippen LogP contribution is 2.57. The molecule has 2 bridgehead atoms. The molecule has 3 nitrogen and oxygen atoms in total. The van der Waals surface area contributed by atoms with Gasteiger partial charge < -0.3 is 10.3 Å². The van der Waals surface area contributed by atoms with Crippen molar-refractivity contribution in [3.8, 4) is 0 Å². The van der Waals surface area contributed by atoms with E-state index in [-0.39, 0.29) is 10.8 Å². The Morgan fingerprint density at radius 3 is 2.15 bits per heavy atom. The lowest BCUT2D eigenvalue weighted by Gasteiger charge is -2.52. The van der Waals surface area contributed by atoms with Crippen LogP contribution in [-0.2, 0) is 18.6 Å². The van der Waals surface area contributed by atoms with Gasteiger partial charge in [-0.1, -0.05) is 0 Å². The summed E-state index contributed by atoms with van der Waals surface area (Å²) in [5, 5.41) is 0. The summed E-state index contributed by atoms with van der Waals surface area (Å²) in [6.07, 6.45) is 2.51. The molecule has 112 valence electrons. The number of nitrogens with zero attached hydrogens (tertiary/aromatic N) is 2. The van der Waals surface area contributed by atoms with Gasteiger partial charge in [0.1, 0.15) is 5.82 Å². The van der Waals surface area contributed by atoms with Crippen LogP contribution in [0.1, 0.15) is 50.0 Å². The minimum absolute atomic E-state index is 0.171. The van der Waals surface area contributed by atoms with Crippen LogP contribution in [0.2, 0.25) is 0 Å². The Labute approximate surface area is 116 Å². The number of hydrogen-bond acceptors (Lipinski definition) is 2. The van der Waals surface area contributed by atoms with Crippen molar-refractivity contribution in [2.75, 3.05) is 6.54 Å². The van der Waals surface area contributed by atoms with Crippen molar-refractivity contribution in [2.24, 2.45) is 18.2 Å². The highest BCUT2D eigenvalue weighted by Gasteiger charge is 2.51. The Balaban J connectivity index is 1.93. The first kappa shape index (κ1) is 13.9. The topological polar surface area (TPSA) is 43.8 Å². The molecule has 3 saturated carbocycles. The fraction of sp³-hybridized carbons (Fsp3) is 0.786. The van der Waals surface area contributed by atoms with E-state index in [2.05, 4.69) is 4.98 Å². The van der Waals surface area contributed by atoms with Crippen molar-refractivity contribution in [3.05, 3.63) is 17.7 Å². The minimum atomic E-state index is -4.36. The predicted molar refractivity (Wildman–Crippen MR) is 69.1 cm³/mol. The Morgan fingerprint density at radius 2 is 1.75 bits per heavy atom. The van der Waals surface area contributed by atoms with Gasteiger partial charge in [-0.2, -0.15) is 13.2 Å². The molecule has 0 aromatic carbocycles. The van der Waals surface area contributed by atoms with Gasteiger partial charge in [0, 0.05) is 18.7 Å². The van der Waals surface area contributed by atoms with E-state index in [0.29, 0.717) is 12.4 Å². The zero-order chi connectivity index (χ0) is 14.6. The number of fused-ring (bicyclic) bond motifs is 3. The van der Waals surface area contributed by atoms with E-state index >= 15 is 0 Å². The zero-order valence-corrected chi connectivity index (χ0v) is 11.6. The van der Waals surface area contributed by atoms with E-state index in [9.17, 15) is 13.2 Å². The molecule has 3 fully saturated rings. The average molecular weight is 287 g/mol. The zero-order valence-electron chi connectivity index (χ0n) is 11.6. The second kappa shape index (κ2) is 4.23. The molecule has 3 aliphatic rings. The lowest BCUT2D eigenvalue weighted by atomic mass is 9.53. The van der Waals surface area contributed by atoms with Crippen LogP contribution in [0.4, 0.5) is 13.2 Å². The summed E-state index contributed by atoms with van der Waals surface area (Å²) in [5.74, 6) is 0.607. The van der Waals surface area contributed by atoms with Crippen LogP contribution in [0.25, 0.3) is 0 Å². The first-order valence-electron chi connectivity index (χ1n) is 7.11. The number of rotatable bonds is 2. The summed E-state index contributed by atoms with van der Waals surface area (Å²) in [7, 11) is 1.67. The third kappa shape index (κ3) is 1.96. The molecule has 3 aliphatic carbocycles. The van der Waals surface area contributed by atoms with Gasteiger partial charge in [0.15, 0.2) is 5.69 Å². The normalized spacial score (nSPS) is 33.6. The van der Waals surface area contributed by atoms with Crippen LogP contribution < -0.4 is 5.73 Å². The molecule has 0 saturated heterocycles. The second-order valence-electron chi connectivity index (χ2n) is 6.54. The van der Waals surface area contributed by atoms with E-state index in [4.69, 9.17) is 5.73 Å². The smallest absolute Gasteiger partial charge is 0.337 e. The molecular weight excluding hydrogens is 267 g/mol. The maximum absolute atomic E-state index is 12.8. The van der Waals surface area contributed by atoms with Crippen LogP contribution >= 0.6 is 0 Å². The van der Waals surface area contributed by atoms with Gasteiger partial charge in [-0.3, -0.25) is 0 Å². The maximum Gasteiger partial charge on any atom is 0.434 e. The summed E-state index contributed by atoms with van der Waals surface area (Å²) in [6.45, 7) is 0.692. The molecule has 6 heteroatoms. The van der Waals surface area contributed by atoms with Gasteiger partial charge in [-0.15, -0.1) is 0 Å². The molecule has 0 radical (unpaired) electrons. The van der Waals surface area contributed by atoms with E-state index in [1.54, 1.807) is 11.6 Å². The Hall–Kier alpha value is -1.04. The number of imidazole rings is 1. The van der Waals surface area contributed by atoms with E-state index in [1.807, 2.05) is 0 Å². The molecule has 1 heterocycles. The number of aryl methyl sites for hydroxylation is 1. The highest BCUT2D eigenvalue weighted by atomic mass is 19.4. The average Bonchev–Trinajstić information content (AvgIpc) is 2.84. The SMILES string of the molecule is Cn1cc(C(F)(F)F)nc1C12CCC(CN)(CC1)CC2. The van der Waals surface area contributed by atoms with Crippen molar-refractivity contribution in [1.82, 2.24) is 9.55 Å². The monoisotopic (exact) mass is 287 g/mol. The van der Waals surface area contributed by atoms with Gasteiger partial charge in [0.2, 0.25) is 0 Å². The fourth-order valence-corrected chi connectivity index (χ4v) is 4.00. The molecule has 0 atom stereocenters. The van der Waals surface area contributed by atoms with Gasteiger partial charge in [-0.25, -0.2) is 4.98 Å². The number of alkyl halides is 3. The van der Waals surface area contributed by atoms with E-state index in [1.165, 1.54) is 0 Å². The van der Waals surface area contributed by atoms with Crippen LogP contribution in [0.5, 0.6) is 0 Å². The quantitative estimate of drug-likeness (QED) is 0.908. The van der Waals surface area contributed by atoms with Crippen LogP contribution in [0.3, 0.4) is 0 Å². The number of aromatic nitrogens is 2. The molecule has 20 heavy (non-hydrogen) atoms. The van der Waals surface area contributed by atoms with Crippen molar-refractivity contribution >= 4 is 0 Å². The summed E-state index contributed by atoms with van der Waals surface area (Å²) in [4.78, 5) is 3.93. The number of hydrogen-bond donors (Lipinski definition) is 1. The Kier molecular flexibility index (Phi) is 2.94.